The number of pyridine rings is 1. The van der Waals surface area contributed by atoms with Gasteiger partial charge in [-0.1, -0.05) is 24.3 Å². The zero-order valence-electron chi connectivity index (χ0n) is 21.1. The molecule has 7 heteroatoms. The number of carbonyl (C=O) groups excluding carboxylic acids is 1. The second-order valence-corrected chi connectivity index (χ2v) is 10.2. The average Bonchev–Trinajstić information content (AvgIpc) is 2.82. The summed E-state index contributed by atoms with van der Waals surface area (Å²) in [5, 5.41) is 8.08. The number of anilines is 2. The first-order chi connectivity index (χ1) is 16.7. The summed E-state index contributed by atoms with van der Waals surface area (Å²) in [7, 11) is 2.17. The normalized spacial score (nSPS) is 15.2. The van der Waals surface area contributed by atoms with Crippen LogP contribution in [0.4, 0.5) is 16.3 Å². The van der Waals surface area contributed by atoms with E-state index in [1.807, 2.05) is 39.0 Å². The Morgan fingerprint density at radius 2 is 1.77 bits per heavy atom. The SMILES string of the molecule is CN1CCC(OCc2ccc(CNc3ccc4c(NC(=O)OC(C)(C)C)nccc4c3)cc2)CC1. The van der Waals surface area contributed by atoms with E-state index in [1.165, 1.54) is 11.1 Å². The second-order valence-electron chi connectivity index (χ2n) is 10.2. The molecule has 0 bridgehead atoms. The molecule has 0 aliphatic carbocycles. The number of fused-ring (bicyclic) bond motifs is 1. The van der Waals surface area contributed by atoms with E-state index in [0.717, 1.165) is 48.9 Å². The summed E-state index contributed by atoms with van der Waals surface area (Å²) < 4.78 is 11.5. The van der Waals surface area contributed by atoms with Crippen molar-refractivity contribution in [3.8, 4) is 0 Å². The lowest BCUT2D eigenvalue weighted by Gasteiger charge is -2.28. The average molecular weight is 477 g/mol. The predicted octanol–water partition coefficient (Wildman–Crippen LogP) is 5.80. The number of rotatable bonds is 7. The standard InChI is InChI=1S/C28H36N4O3/c1-28(2,3)35-27(33)31-26-25-10-9-23(17-22(25)11-14-29-26)30-18-20-5-7-21(8-6-20)19-34-24-12-15-32(4)16-13-24/h5-11,14,17,24,30H,12-13,15-16,18-19H2,1-4H3,(H,29,31,33). The zero-order valence-corrected chi connectivity index (χ0v) is 21.1. The lowest BCUT2D eigenvalue weighted by Crippen LogP contribution is -2.34. The van der Waals surface area contributed by atoms with Gasteiger partial charge >= 0.3 is 6.09 Å². The van der Waals surface area contributed by atoms with Crippen molar-refractivity contribution in [3.05, 3.63) is 65.9 Å². The number of aromatic nitrogens is 1. The maximum atomic E-state index is 12.2. The van der Waals surface area contributed by atoms with Crippen LogP contribution in [0.25, 0.3) is 10.8 Å². The van der Waals surface area contributed by atoms with Crippen LogP contribution in [0.15, 0.2) is 54.7 Å². The van der Waals surface area contributed by atoms with Gasteiger partial charge in [0.1, 0.15) is 11.4 Å². The number of amides is 1. The number of hydrogen-bond acceptors (Lipinski definition) is 6. The molecule has 1 saturated heterocycles. The van der Waals surface area contributed by atoms with Crippen LogP contribution in [0.5, 0.6) is 0 Å². The fraction of sp³-hybridized carbons (Fsp3) is 0.429. The Morgan fingerprint density at radius 1 is 1.06 bits per heavy atom. The zero-order chi connectivity index (χ0) is 24.8. The van der Waals surface area contributed by atoms with Gasteiger partial charge in [0.25, 0.3) is 0 Å². The summed E-state index contributed by atoms with van der Waals surface area (Å²) in [6.45, 7) is 9.11. The van der Waals surface area contributed by atoms with E-state index in [1.54, 1.807) is 6.20 Å². The second kappa shape index (κ2) is 11.1. The van der Waals surface area contributed by atoms with Crippen LogP contribution in [0.1, 0.15) is 44.7 Å². The third-order valence-electron chi connectivity index (χ3n) is 6.05. The predicted molar refractivity (Wildman–Crippen MR) is 141 cm³/mol. The molecule has 0 unspecified atom stereocenters. The molecule has 2 heterocycles. The number of likely N-dealkylation sites (tertiary alicyclic amines) is 1. The fourth-order valence-electron chi connectivity index (χ4n) is 4.11. The summed E-state index contributed by atoms with van der Waals surface area (Å²) >= 11 is 0. The van der Waals surface area contributed by atoms with Gasteiger partial charge in [0, 0.05) is 36.9 Å². The smallest absolute Gasteiger partial charge is 0.413 e. The maximum Gasteiger partial charge on any atom is 0.413 e. The van der Waals surface area contributed by atoms with E-state index in [9.17, 15) is 4.79 Å². The highest BCUT2D eigenvalue weighted by molar-refractivity contribution is 5.99. The van der Waals surface area contributed by atoms with Crippen LogP contribution in [-0.2, 0) is 22.6 Å². The number of nitrogens with one attached hydrogen (secondary N) is 2. The van der Waals surface area contributed by atoms with Crippen molar-refractivity contribution >= 4 is 28.4 Å². The van der Waals surface area contributed by atoms with Gasteiger partial charge in [0.05, 0.1) is 12.7 Å². The minimum absolute atomic E-state index is 0.371. The van der Waals surface area contributed by atoms with E-state index in [4.69, 9.17) is 9.47 Å². The summed E-state index contributed by atoms with van der Waals surface area (Å²) in [6, 6.07) is 16.5. The minimum Gasteiger partial charge on any atom is -0.444 e. The van der Waals surface area contributed by atoms with Gasteiger partial charge in [-0.2, -0.15) is 0 Å². The lowest BCUT2D eigenvalue weighted by atomic mass is 10.1. The third-order valence-corrected chi connectivity index (χ3v) is 6.05. The first-order valence-corrected chi connectivity index (χ1v) is 12.3. The molecule has 0 radical (unpaired) electrons. The van der Waals surface area contributed by atoms with E-state index >= 15 is 0 Å². The number of piperidine rings is 1. The Labute approximate surface area is 207 Å². The molecule has 1 fully saturated rings. The summed E-state index contributed by atoms with van der Waals surface area (Å²) in [5.74, 6) is 0.487. The maximum absolute atomic E-state index is 12.2. The van der Waals surface area contributed by atoms with Gasteiger partial charge in [0.2, 0.25) is 0 Å². The van der Waals surface area contributed by atoms with Crippen LogP contribution in [0.2, 0.25) is 0 Å². The molecule has 0 spiro atoms. The highest BCUT2D eigenvalue weighted by Crippen LogP contribution is 2.25. The molecule has 1 amide bonds. The molecule has 186 valence electrons. The highest BCUT2D eigenvalue weighted by Gasteiger charge is 2.18. The quantitative estimate of drug-likeness (QED) is 0.449. The fourth-order valence-corrected chi connectivity index (χ4v) is 4.11. The monoisotopic (exact) mass is 476 g/mol. The minimum atomic E-state index is -0.566. The van der Waals surface area contributed by atoms with E-state index in [-0.39, 0.29) is 0 Å². The number of carbonyl (C=O) groups is 1. The molecule has 3 aromatic rings. The van der Waals surface area contributed by atoms with Gasteiger partial charge in [0.15, 0.2) is 0 Å². The van der Waals surface area contributed by atoms with Gasteiger partial charge in [-0.3, -0.25) is 5.32 Å². The van der Waals surface area contributed by atoms with Crippen molar-refractivity contribution in [2.45, 2.75) is 58.5 Å². The van der Waals surface area contributed by atoms with Crippen molar-refractivity contribution in [2.75, 3.05) is 30.8 Å². The Balaban J connectivity index is 1.31. The van der Waals surface area contributed by atoms with Gasteiger partial charge in [-0.05, 0) is 81.4 Å². The molecule has 1 aliphatic heterocycles. The first-order valence-electron chi connectivity index (χ1n) is 12.3. The number of benzene rings is 2. The Hall–Kier alpha value is -3.16. The van der Waals surface area contributed by atoms with E-state index in [2.05, 4.69) is 57.9 Å². The van der Waals surface area contributed by atoms with Crippen LogP contribution in [0.3, 0.4) is 0 Å². The molecule has 35 heavy (non-hydrogen) atoms. The first kappa shape index (κ1) is 24.9. The molecular weight excluding hydrogens is 440 g/mol. The number of hydrogen-bond donors (Lipinski definition) is 2. The Bertz CT molecular complexity index is 1130. The lowest BCUT2D eigenvalue weighted by molar-refractivity contribution is 0.00213. The third kappa shape index (κ3) is 7.41. The van der Waals surface area contributed by atoms with E-state index < -0.39 is 11.7 Å². The van der Waals surface area contributed by atoms with Gasteiger partial charge in [-0.15, -0.1) is 0 Å². The number of ether oxygens (including phenoxy) is 2. The van der Waals surface area contributed by atoms with Gasteiger partial charge in [-0.25, -0.2) is 9.78 Å². The van der Waals surface area contributed by atoms with Crippen LogP contribution < -0.4 is 10.6 Å². The van der Waals surface area contributed by atoms with Crippen molar-refractivity contribution in [3.63, 3.8) is 0 Å². The molecule has 1 aliphatic rings. The van der Waals surface area contributed by atoms with Crippen LogP contribution in [-0.4, -0.2) is 47.8 Å². The van der Waals surface area contributed by atoms with Crippen LogP contribution >= 0.6 is 0 Å². The summed E-state index contributed by atoms with van der Waals surface area (Å²) in [4.78, 5) is 18.8. The topological polar surface area (TPSA) is 75.7 Å². The van der Waals surface area contributed by atoms with Crippen molar-refractivity contribution < 1.29 is 14.3 Å². The van der Waals surface area contributed by atoms with Crippen molar-refractivity contribution in [1.82, 2.24) is 9.88 Å². The largest absolute Gasteiger partial charge is 0.444 e. The molecular formula is C28H36N4O3. The van der Waals surface area contributed by atoms with E-state index in [0.29, 0.717) is 18.5 Å². The molecule has 2 N–H and O–H groups in total. The molecule has 7 nitrogen and oxygen atoms in total. The van der Waals surface area contributed by atoms with Gasteiger partial charge < -0.3 is 19.7 Å². The Morgan fingerprint density at radius 3 is 2.49 bits per heavy atom. The molecule has 4 rings (SSSR count). The molecule has 1 aromatic heterocycles. The summed E-state index contributed by atoms with van der Waals surface area (Å²) in [6.07, 6.45) is 3.76. The Kier molecular flexibility index (Phi) is 7.88. The molecule has 0 saturated carbocycles. The van der Waals surface area contributed by atoms with Crippen molar-refractivity contribution in [2.24, 2.45) is 0 Å². The molecule has 0 atom stereocenters. The van der Waals surface area contributed by atoms with Crippen molar-refractivity contribution in [1.29, 1.82) is 0 Å². The number of nitrogens with zero attached hydrogens (tertiary/aromatic N) is 2. The highest BCUT2D eigenvalue weighted by atomic mass is 16.6. The summed E-state index contributed by atoms with van der Waals surface area (Å²) in [5.41, 5.74) is 2.84. The van der Waals surface area contributed by atoms with Crippen LogP contribution in [0, 0.1) is 0 Å². The molecule has 2 aromatic carbocycles.